The van der Waals surface area contributed by atoms with Crippen molar-refractivity contribution in [3.8, 4) is 0 Å². The third-order valence-electron chi connectivity index (χ3n) is 2.13. The summed E-state index contributed by atoms with van der Waals surface area (Å²) in [6.45, 7) is 3.05. The molecule has 0 aliphatic rings. The number of amides is 2. The second kappa shape index (κ2) is 10.0. The van der Waals surface area contributed by atoms with E-state index in [2.05, 4.69) is 10.1 Å². The number of alkyl carbamates (subject to hydrolysis) is 1. The van der Waals surface area contributed by atoms with Gasteiger partial charge in [-0.25, -0.2) is 4.79 Å². The smallest absolute Gasteiger partial charge is 0.413 e. The average Bonchev–Trinajstić information content (AvgIpc) is 2.24. The summed E-state index contributed by atoms with van der Waals surface area (Å²) in [7, 11) is 1.81. The predicted octanol–water partition coefficient (Wildman–Crippen LogP) is 0.353. The van der Waals surface area contributed by atoms with Crippen LogP contribution >= 0.6 is 0 Å². The van der Waals surface area contributed by atoms with Gasteiger partial charge in [0.15, 0.2) is 0 Å². The minimum absolute atomic E-state index is 0.165. The summed E-state index contributed by atoms with van der Waals surface area (Å²) in [5, 5.41) is 10.7. The summed E-state index contributed by atoms with van der Waals surface area (Å²) < 4.78 is 4.59. The van der Waals surface area contributed by atoms with Crippen LogP contribution in [0.15, 0.2) is 0 Å². The SMILES string of the molecule is CCOC(=O)NC(=O)CN(C)CCCCCO. The second-order valence-corrected chi connectivity index (χ2v) is 3.79. The van der Waals surface area contributed by atoms with Crippen molar-refractivity contribution in [2.24, 2.45) is 0 Å². The molecule has 0 aliphatic carbocycles. The van der Waals surface area contributed by atoms with Crippen LogP contribution in [0.5, 0.6) is 0 Å². The van der Waals surface area contributed by atoms with Crippen LogP contribution in [0.1, 0.15) is 26.2 Å². The van der Waals surface area contributed by atoms with E-state index in [-0.39, 0.29) is 25.7 Å². The number of aliphatic hydroxyl groups is 1. The molecule has 6 nitrogen and oxygen atoms in total. The van der Waals surface area contributed by atoms with Gasteiger partial charge < -0.3 is 9.84 Å². The van der Waals surface area contributed by atoms with Gasteiger partial charge in [-0.1, -0.05) is 0 Å². The molecule has 0 radical (unpaired) electrons. The summed E-state index contributed by atoms with van der Waals surface area (Å²) in [6, 6.07) is 0. The van der Waals surface area contributed by atoms with Gasteiger partial charge in [0.05, 0.1) is 13.2 Å². The first-order valence-electron chi connectivity index (χ1n) is 5.86. The van der Waals surface area contributed by atoms with Gasteiger partial charge in [-0.05, 0) is 39.8 Å². The van der Waals surface area contributed by atoms with Crippen LogP contribution in [0, 0.1) is 0 Å². The number of aliphatic hydroxyl groups excluding tert-OH is 1. The van der Waals surface area contributed by atoms with E-state index in [1.165, 1.54) is 0 Å². The Morgan fingerprint density at radius 2 is 2.00 bits per heavy atom. The second-order valence-electron chi connectivity index (χ2n) is 3.79. The Labute approximate surface area is 102 Å². The molecule has 0 aromatic heterocycles. The highest BCUT2D eigenvalue weighted by molar-refractivity contribution is 5.92. The number of carbonyl (C=O) groups excluding carboxylic acids is 2. The number of hydrogen-bond acceptors (Lipinski definition) is 5. The zero-order chi connectivity index (χ0) is 13.1. The van der Waals surface area contributed by atoms with Gasteiger partial charge in [-0.15, -0.1) is 0 Å². The molecule has 6 heteroatoms. The molecular weight excluding hydrogens is 224 g/mol. The van der Waals surface area contributed by atoms with E-state index in [1.54, 1.807) is 6.92 Å². The van der Waals surface area contributed by atoms with Crippen LogP contribution in [0.2, 0.25) is 0 Å². The fraction of sp³-hybridized carbons (Fsp3) is 0.818. The van der Waals surface area contributed by atoms with Gasteiger partial charge in [0.25, 0.3) is 0 Å². The molecule has 0 aromatic carbocycles. The highest BCUT2D eigenvalue weighted by Crippen LogP contribution is 1.96. The summed E-state index contributed by atoms with van der Waals surface area (Å²) >= 11 is 0. The van der Waals surface area contributed by atoms with Gasteiger partial charge in [0.1, 0.15) is 0 Å². The first kappa shape index (κ1) is 15.9. The molecule has 17 heavy (non-hydrogen) atoms. The number of hydrogen-bond donors (Lipinski definition) is 2. The zero-order valence-electron chi connectivity index (χ0n) is 10.6. The number of carbonyl (C=O) groups is 2. The van der Waals surface area contributed by atoms with E-state index in [4.69, 9.17) is 5.11 Å². The van der Waals surface area contributed by atoms with Crippen molar-refractivity contribution in [2.45, 2.75) is 26.2 Å². The number of nitrogens with zero attached hydrogens (tertiary/aromatic N) is 1. The third-order valence-corrected chi connectivity index (χ3v) is 2.13. The molecule has 0 aliphatic heterocycles. The fourth-order valence-electron chi connectivity index (χ4n) is 1.32. The van der Waals surface area contributed by atoms with E-state index >= 15 is 0 Å². The largest absolute Gasteiger partial charge is 0.450 e. The quantitative estimate of drug-likeness (QED) is 0.604. The highest BCUT2D eigenvalue weighted by atomic mass is 16.5. The van der Waals surface area contributed by atoms with Crippen LogP contribution in [0.4, 0.5) is 4.79 Å². The maximum Gasteiger partial charge on any atom is 0.413 e. The van der Waals surface area contributed by atoms with E-state index in [1.807, 2.05) is 11.9 Å². The fourth-order valence-corrected chi connectivity index (χ4v) is 1.32. The van der Waals surface area contributed by atoms with Crippen molar-refractivity contribution in [3.63, 3.8) is 0 Å². The maximum atomic E-state index is 11.3. The van der Waals surface area contributed by atoms with Gasteiger partial charge >= 0.3 is 6.09 Å². The molecule has 0 fully saturated rings. The highest BCUT2D eigenvalue weighted by Gasteiger charge is 2.10. The van der Waals surface area contributed by atoms with Crippen LogP contribution in [0.3, 0.4) is 0 Å². The van der Waals surface area contributed by atoms with E-state index in [0.29, 0.717) is 0 Å². The standard InChI is InChI=1S/C11H22N2O4/c1-3-17-11(16)12-10(15)9-13(2)7-5-4-6-8-14/h14H,3-9H2,1-2H3,(H,12,15,16). The molecule has 0 bridgehead atoms. The zero-order valence-corrected chi connectivity index (χ0v) is 10.6. The molecule has 0 aromatic rings. The molecule has 0 saturated heterocycles. The monoisotopic (exact) mass is 246 g/mol. The molecular formula is C11H22N2O4. The number of likely N-dealkylation sites (N-methyl/N-ethyl adjacent to an activating group) is 1. The van der Waals surface area contributed by atoms with Crippen molar-refractivity contribution < 1.29 is 19.4 Å². The van der Waals surface area contributed by atoms with E-state index in [9.17, 15) is 9.59 Å². The summed E-state index contributed by atoms with van der Waals surface area (Å²) in [5.74, 6) is -0.367. The van der Waals surface area contributed by atoms with Crippen molar-refractivity contribution in [1.82, 2.24) is 10.2 Å². The molecule has 2 amide bonds. The Bertz CT molecular complexity index is 234. The van der Waals surface area contributed by atoms with Crippen LogP contribution in [0.25, 0.3) is 0 Å². The molecule has 0 spiro atoms. The van der Waals surface area contributed by atoms with Gasteiger partial charge in [0, 0.05) is 6.61 Å². The number of nitrogens with one attached hydrogen (secondary N) is 1. The summed E-state index contributed by atoms with van der Waals surface area (Å²) in [5.41, 5.74) is 0. The number of imide groups is 1. The Hall–Kier alpha value is -1.14. The number of ether oxygens (including phenoxy) is 1. The molecule has 0 heterocycles. The van der Waals surface area contributed by atoms with Crippen molar-refractivity contribution in [1.29, 1.82) is 0 Å². The normalized spacial score (nSPS) is 10.4. The molecule has 0 rings (SSSR count). The topological polar surface area (TPSA) is 78.9 Å². The predicted molar refractivity (Wildman–Crippen MR) is 63.6 cm³/mol. The molecule has 2 N–H and O–H groups in total. The van der Waals surface area contributed by atoms with Gasteiger partial charge in [0.2, 0.25) is 5.91 Å². The van der Waals surface area contributed by atoms with E-state index in [0.717, 1.165) is 25.8 Å². The lowest BCUT2D eigenvalue weighted by Crippen LogP contribution is -2.39. The molecule has 0 saturated carbocycles. The Morgan fingerprint density at radius 3 is 2.59 bits per heavy atom. The maximum absolute atomic E-state index is 11.3. The number of unbranched alkanes of at least 4 members (excludes halogenated alkanes) is 2. The summed E-state index contributed by atoms with van der Waals surface area (Å²) in [4.78, 5) is 24.1. The van der Waals surface area contributed by atoms with Gasteiger partial charge in [-0.3, -0.25) is 15.0 Å². The Kier molecular flexibility index (Phi) is 9.37. The lowest BCUT2D eigenvalue weighted by Gasteiger charge is -2.15. The van der Waals surface area contributed by atoms with Gasteiger partial charge in [-0.2, -0.15) is 0 Å². The Morgan fingerprint density at radius 1 is 1.29 bits per heavy atom. The van der Waals surface area contributed by atoms with E-state index < -0.39 is 6.09 Å². The minimum atomic E-state index is -0.703. The number of rotatable bonds is 8. The molecule has 0 atom stereocenters. The van der Waals surface area contributed by atoms with Crippen molar-refractivity contribution >= 4 is 12.0 Å². The van der Waals surface area contributed by atoms with Crippen molar-refractivity contribution in [2.75, 3.05) is 33.4 Å². The minimum Gasteiger partial charge on any atom is -0.450 e. The lowest BCUT2D eigenvalue weighted by atomic mass is 10.2. The lowest BCUT2D eigenvalue weighted by molar-refractivity contribution is -0.121. The summed E-state index contributed by atoms with van der Waals surface area (Å²) in [6.07, 6.45) is 1.93. The average molecular weight is 246 g/mol. The van der Waals surface area contributed by atoms with Crippen LogP contribution < -0.4 is 5.32 Å². The van der Waals surface area contributed by atoms with Crippen LogP contribution in [-0.2, 0) is 9.53 Å². The third kappa shape index (κ3) is 9.77. The first-order chi connectivity index (χ1) is 8.10. The molecule has 100 valence electrons. The first-order valence-corrected chi connectivity index (χ1v) is 5.86. The van der Waals surface area contributed by atoms with Crippen molar-refractivity contribution in [3.05, 3.63) is 0 Å². The Balaban J connectivity index is 3.61. The molecule has 0 unspecified atom stereocenters. The van der Waals surface area contributed by atoms with Crippen LogP contribution in [-0.4, -0.2) is 55.4 Å².